The lowest BCUT2D eigenvalue weighted by Crippen LogP contribution is -3.00. The van der Waals surface area contributed by atoms with E-state index in [-0.39, 0.29) is 37.2 Å². The number of benzene rings is 3. The van der Waals surface area contributed by atoms with Gasteiger partial charge >= 0.3 is 0 Å². The maximum absolute atomic E-state index is 3.81. The normalized spacial score (nSPS) is 10.5. The van der Waals surface area contributed by atoms with Gasteiger partial charge in [0.25, 0.3) is 0 Å². The van der Waals surface area contributed by atoms with Crippen molar-refractivity contribution >= 4 is 18.2 Å². The molecule has 3 aromatic carbocycles. The molecule has 0 unspecified atom stereocenters. The molecule has 0 heterocycles. The van der Waals surface area contributed by atoms with E-state index in [2.05, 4.69) is 156 Å². The first-order valence-electron chi connectivity index (χ1n) is 13.6. The molecule has 0 saturated carbocycles. The van der Waals surface area contributed by atoms with E-state index >= 15 is 0 Å². The quantitative estimate of drug-likeness (QED) is 0.255. The Morgan fingerprint density at radius 1 is 0.476 bits per heavy atom. The first-order valence-corrected chi connectivity index (χ1v) is 13.6. The zero-order valence-electron chi connectivity index (χ0n) is 27.4. The van der Waals surface area contributed by atoms with Gasteiger partial charge in [0.1, 0.15) is 19.6 Å². The fourth-order valence-electron chi connectivity index (χ4n) is 4.06. The second-order valence-electron chi connectivity index (χ2n) is 13.1. The van der Waals surface area contributed by atoms with Gasteiger partial charge in [0.2, 0.25) is 0 Å². The molecular weight excluding hydrogens is 581 g/mol. The van der Waals surface area contributed by atoms with Crippen molar-refractivity contribution in [1.29, 1.82) is 0 Å². The van der Waals surface area contributed by atoms with Crippen LogP contribution in [0.1, 0.15) is 33.4 Å². The Morgan fingerprint density at radius 2 is 0.952 bits per heavy atom. The SMILES string of the molecule is C=Cc1ccc(C[N+](C)(C)C)cc1.C=Cc1cccc(C[N+](C)(C)C)c1.C=Cc1ccccc1C[N+](C)(C)C.[Cl-].[Cl-].[Cl-]. The van der Waals surface area contributed by atoms with Crippen molar-refractivity contribution < 1.29 is 50.7 Å². The Kier molecular flexibility index (Phi) is 21.5. The lowest BCUT2D eigenvalue weighted by molar-refractivity contribution is -0.884. The first-order chi connectivity index (χ1) is 18.0. The highest BCUT2D eigenvalue weighted by molar-refractivity contribution is 5.51. The van der Waals surface area contributed by atoms with Gasteiger partial charge in [-0.3, -0.25) is 0 Å². The van der Waals surface area contributed by atoms with Crippen LogP contribution in [0.4, 0.5) is 0 Å². The maximum atomic E-state index is 3.81. The van der Waals surface area contributed by atoms with Crippen molar-refractivity contribution in [2.45, 2.75) is 19.6 Å². The van der Waals surface area contributed by atoms with Crippen LogP contribution in [-0.4, -0.2) is 76.9 Å². The number of quaternary nitrogens is 3. The summed E-state index contributed by atoms with van der Waals surface area (Å²) in [7, 11) is 19.8. The molecule has 3 aromatic rings. The zero-order valence-corrected chi connectivity index (χ0v) is 29.6. The molecule has 6 heteroatoms. The smallest absolute Gasteiger partial charge is 0.104 e. The zero-order chi connectivity index (χ0) is 29.7. The summed E-state index contributed by atoms with van der Waals surface area (Å²) in [6.45, 7) is 14.5. The molecule has 0 amide bonds. The van der Waals surface area contributed by atoms with Crippen LogP contribution in [0.5, 0.6) is 0 Å². The van der Waals surface area contributed by atoms with Gasteiger partial charge in [0.15, 0.2) is 0 Å². The summed E-state index contributed by atoms with van der Waals surface area (Å²) in [6, 6.07) is 25.5. The van der Waals surface area contributed by atoms with E-state index in [1.807, 2.05) is 18.2 Å². The number of halogens is 3. The van der Waals surface area contributed by atoms with Gasteiger partial charge < -0.3 is 50.7 Å². The molecular formula is C36H54Cl3N3. The van der Waals surface area contributed by atoms with Crippen LogP contribution in [0.2, 0.25) is 0 Å². The molecule has 0 fully saturated rings. The van der Waals surface area contributed by atoms with Crippen LogP contribution in [0.15, 0.2) is 92.5 Å². The highest BCUT2D eigenvalue weighted by atomic mass is 35.5. The van der Waals surface area contributed by atoms with Crippen LogP contribution in [0, 0.1) is 0 Å². The third kappa shape index (κ3) is 20.5. The van der Waals surface area contributed by atoms with E-state index in [4.69, 9.17) is 0 Å². The lowest BCUT2D eigenvalue weighted by Gasteiger charge is -2.24. The molecule has 0 aliphatic heterocycles. The Bertz CT molecular complexity index is 1180. The summed E-state index contributed by atoms with van der Waals surface area (Å²) in [5.41, 5.74) is 7.74. The van der Waals surface area contributed by atoms with Crippen LogP contribution in [0.25, 0.3) is 18.2 Å². The summed E-state index contributed by atoms with van der Waals surface area (Å²) in [5.74, 6) is 0. The van der Waals surface area contributed by atoms with Crippen LogP contribution >= 0.6 is 0 Å². The van der Waals surface area contributed by atoms with Gasteiger partial charge in [0.05, 0.1) is 63.4 Å². The van der Waals surface area contributed by atoms with E-state index in [9.17, 15) is 0 Å². The van der Waals surface area contributed by atoms with E-state index in [1.54, 1.807) is 0 Å². The van der Waals surface area contributed by atoms with Gasteiger partial charge in [-0.25, -0.2) is 0 Å². The van der Waals surface area contributed by atoms with Crippen molar-refractivity contribution in [3.8, 4) is 0 Å². The number of hydrogen-bond donors (Lipinski definition) is 0. The maximum Gasteiger partial charge on any atom is 0.104 e. The molecule has 0 atom stereocenters. The first kappa shape index (κ1) is 44.1. The largest absolute Gasteiger partial charge is 1.00 e. The highest BCUT2D eigenvalue weighted by Crippen LogP contribution is 2.14. The Labute approximate surface area is 276 Å². The molecule has 42 heavy (non-hydrogen) atoms. The van der Waals surface area contributed by atoms with Gasteiger partial charge in [-0.15, -0.1) is 0 Å². The van der Waals surface area contributed by atoms with Crippen LogP contribution in [0.3, 0.4) is 0 Å². The standard InChI is InChI=1S/3C12H18N.3ClH/c1-5-11-6-8-12(9-7-11)10-13(2,3)4;1-5-11-7-6-8-12(9-11)10-13(2,3)4;1-5-11-8-6-7-9-12(11)10-13(2,3)4;;;/h3*5-9H,1,10H2,2-4H3;3*1H/q3*+1;;;/p-3. The third-order valence-corrected chi connectivity index (χ3v) is 5.64. The molecule has 0 radical (unpaired) electrons. The van der Waals surface area contributed by atoms with Crippen molar-refractivity contribution in [2.24, 2.45) is 0 Å². The predicted octanol–water partition coefficient (Wildman–Crippen LogP) is -1.38. The molecule has 0 aliphatic rings. The molecule has 0 aliphatic carbocycles. The highest BCUT2D eigenvalue weighted by Gasteiger charge is 2.10. The fourth-order valence-corrected chi connectivity index (χ4v) is 4.06. The average Bonchev–Trinajstić information content (AvgIpc) is 2.83. The second kappa shape index (κ2) is 20.5. The van der Waals surface area contributed by atoms with Crippen molar-refractivity contribution in [3.63, 3.8) is 0 Å². The Hall–Kier alpha value is -2.37. The third-order valence-electron chi connectivity index (χ3n) is 5.64. The molecule has 0 spiro atoms. The molecule has 0 bridgehead atoms. The molecule has 0 aromatic heterocycles. The fraction of sp³-hybridized carbons (Fsp3) is 0.333. The Morgan fingerprint density at radius 3 is 1.40 bits per heavy atom. The summed E-state index contributed by atoms with van der Waals surface area (Å²) in [4.78, 5) is 0. The van der Waals surface area contributed by atoms with E-state index in [1.165, 1.54) is 33.4 Å². The van der Waals surface area contributed by atoms with Crippen molar-refractivity contribution in [2.75, 3.05) is 63.4 Å². The second-order valence-corrected chi connectivity index (χ2v) is 13.1. The van der Waals surface area contributed by atoms with Gasteiger partial charge in [-0.05, 0) is 22.8 Å². The lowest BCUT2D eigenvalue weighted by atomic mass is 10.1. The van der Waals surface area contributed by atoms with Gasteiger partial charge in [-0.1, -0.05) is 105 Å². The number of nitrogens with zero attached hydrogens (tertiary/aromatic N) is 3. The molecule has 3 rings (SSSR count). The predicted molar refractivity (Wildman–Crippen MR) is 175 cm³/mol. The van der Waals surface area contributed by atoms with Crippen molar-refractivity contribution in [3.05, 3.63) is 126 Å². The topological polar surface area (TPSA) is 0 Å². The number of hydrogen-bond acceptors (Lipinski definition) is 0. The Balaban J connectivity index is -0.000000524. The van der Waals surface area contributed by atoms with E-state index in [0.29, 0.717) is 0 Å². The van der Waals surface area contributed by atoms with Crippen molar-refractivity contribution in [1.82, 2.24) is 0 Å². The van der Waals surface area contributed by atoms with E-state index in [0.717, 1.165) is 33.1 Å². The summed E-state index contributed by atoms with van der Waals surface area (Å²) in [5, 5.41) is 0. The molecule has 3 nitrogen and oxygen atoms in total. The summed E-state index contributed by atoms with van der Waals surface area (Å²) in [6.07, 6.45) is 5.68. The minimum absolute atomic E-state index is 0. The van der Waals surface area contributed by atoms with Gasteiger partial charge in [0, 0.05) is 16.7 Å². The number of rotatable bonds is 9. The monoisotopic (exact) mass is 633 g/mol. The molecule has 0 N–H and O–H groups in total. The van der Waals surface area contributed by atoms with E-state index < -0.39 is 0 Å². The van der Waals surface area contributed by atoms with Crippen LogP contribution < -0.4 is 37.2 Å². The summed E-state index contributed by atoms with van der Waals surface area (Å²) < 4.78 is 2.87. The minimum Gasteiger partial charge on any atom is -1.00 e. The summed E-state index contributed by atoms with van der Waals surface area (Å²) >= 11 is 0. The van der Waals surface area contributed by atoms with Gasteiger partial charge in [-0.2, -0.15) is 0 Å². The average molecular weight is 635 g/mol. The molecule has 234 valence electrons. The minimum atomic E-state index is 0. The molecule has 0 saturated heterocycles. The van der Waals surface area contributed by atoms with Crippen LogP contribution in [-0.2, 0) is 19.6 Å².